The number of carbonyl (C=O) groups excluding carboxylic acids is 2. The van der Waals surface area contributed by atoms with Crippen molar-refractivity contribution in [1.82, 2.24) is 4.90 Å². The predicted octanol–water partition coefficient (Wildman–Crippen LogP) is 3.72. The summed E-state index contributed by atoms with van der Waals surface area (Å²) in [4.78, 5) is 25.2. The minimum atomic E-state index is -0.226. The van der Waals surface area contributed by atoms with Crippen molar-refractivity contribution in [2.75, 3.05) is 18.4 Å². The van der Waals surface area contributed by atoms with Crippen LogP contribution >= 0.6 is 0 Å². The molecule has 2 aromatic rings. The molecule has 0 radical (unpaired) electrons. The van der Waals surface area contributed by atoms with Crippen LogP contribution < -0.4 is 5.32 Å². The molecule has 0 bridgehead atoms. The molecule has 1 fully saturated rings. The number of nitrogens with zero attached hydrogens (tertiary/aromatic N) is 1. The van der Waals surface area contributed by atoms with E-state index in [4.69, 9.17) is 0 Å². The average molecular weight is 340 g/mol. The van der Waals surface area contributed by atoms with Crippen LogP contribution in [0.15, 0.2) is 42.5 Å². The van der Waals surface area contributed by atoms with E-state index in [9.17, 15) is 14.0 Å². The van der Waals surface area contributed by atoms with Crippen LogP contribution in [0.5, 0.6) is 0 Å². The first-order valence-electron chi connectivity index (χ1n) is 8.44. The third-order valence-electron chi connectivity index (χ3n) is 4.82. The van der Waals surface area contributed by atoms with Crippen LogP contribution in [0, 0.1) is 12.7 Å². The summed E-state index contributed by atoms with van der Waals surface area (Å²) in [6.45, 7) is 3.23. The van der Waals surface area contributed by atoms with Gasteiger partial charge in [0.15, 0.2) is 0 Å². The molecule has 0 saturated carbocycles. The number of nitrogens with one attached hydrogen (secondary N) is 1. The van der Waals surface area contributed by atoms with Gasteiger partial charge in [0, 0.05) is 24.3 Å². The number of hydrogen-bond acceptors (Lipinski definition) is 2. The third-order valence-corrected chi connectivity index (χ3v) is 4.82. The third kappa shape index (κ3) is 3.87. The largest absolute Gasteiger partial charge is 0.339 e. The SMILES string of the molecule is Cc1ccc(C(=O)N2CCC(c3ccc(F)cc3)CC2)cc1NC=O. The summed E-state index contributed by atoms with van der Waals surface area (Å²) in [5.41, 5.74) is 3.28. The van der Waals surface area contributed by atoms with Gasteiger partial charge in [0.1, 0.15) is 5.82 Å². The summed E-state index contributed by atoms with van der Waals surface area (Å²) < 4.78 is 13.0. The van der Waals surface area contributed by atoms with E-state index in [0.717, 1.165) is 24.0 Å². The Morgan fingerprint density at radius 1 is 1.16 bits per heavy atom. The van der Waals surface area contributed by atoms with Gasteiger partial charge in [-0.1, -0.05) is 18.2 Å². The van der Waals surface area contributed by atoms with Gasteiger partial charge in [-0.3, -0.25) is 9.59 Å². The first-order chi connectivity index (χ1) is 12.1. The van der Waals surface area contributed by atoms with E-state index in [1.165, 1.54) is 12.1 Å². The van der Waals surface area contributed by atoms with Crippen LogP contribution in [0.3, 0.4) is 0 Å². The number of piperidine rings is 1. The normalized spacial score (nSPS) is 15.0. The van der Waals surface area contributed by atoms with Crippen LogP contribution in [0.4, 0.5) is 10.1 Å². The van der Waals surface area contributed by atoms with Gasteiger partial charge in [-0.25, -0.2) is 4.39 Å². The number of rotatable bonds is 4. The first kappa shape index (κ1) is 17.1. The molecule has 130 valence electrons. The molecule has 0 unspecified atom stereocenters. The highest BCUT2D eigenvalue weighted by Crippen LogP contribution is 2.29. The monoisotopic (exact) mass is 340 g/mol. The fourth-order valence-corrected chi connectivity index (χ4v) is 3.31. The molecular formula is C20H21FN2O2. The summed E-state index contributed by atoms with van der Waals surface area (Å²) in [6.07, 6.45) is 2.34. The maximum absolute atomic E-state index is 13.0. The minimum Gasteiger partial charge on any atom is -0.339 e. The Morgan fingerprint density at radius 3 is 2.48 bits per heavy atom. The van der Waals surface area contributed by atoms with E-state index >= 15 is 0 Å². The number of halogens is 1. The van der Waals surface area contributed by atoms with Crippen LogP contribution in [-0.2, 0) is 4.79 Å². The number of anilines is 1. The second-order valence-electron chi connectivity index (χ2n) is 6.41. The van der Waals surface area contributed by atoms with Gasteiger partial charge in [0.05, 0.1) is 0 Å². The van der Waals surface area contributed by atoms with Gasteiger partial charge in [-0.05, 0) is 61.1 Å². The lowest BCUT2D eigenvalue weighted by Gasteiger charge is -2.32. The number of benzene rings is 2. The Balaban J connectivity index is 1.66. The molecule has 5 heteroatoms. The molecule has 3 rings (SSSR count). The summed E-state index contributed by atoms with van der Waals surface area (Å²) in [7, 11) is 0. The highest BCUT2D eigenvalue weighted by atomic mass is 19.1. The standard InChI is InChI=1S/C20H21FN2O2/c1-14-2-3-17(12-19(14)22-13-24)20(25)23-10-8-16(9-11-23)15-4-6-18(21)7-5-15/h2-7,12-13,16H,8-11H2,1H3,(H,22,24). The molecule has 1 aliphatic heterocycles. The number of carbonyl (C=O) groups is 2. The predicted molar refractivity (Wildman–Crippen MR) is 95.1 cm³/mol. The lowest BCUT2D eigenvalue weighted by molar-refractivity contribution is -0.105. The van der Waals surface area contributed by atoms with Crippen molar-refractivity contribution in [2.45, 2.75) is 25.7 Å². The van der Waals surface area contributed by atoms with Crippen molar-refractivity contribution in [1.29, 1.82) is 0 Å². The minimum absolute atomic E-state index is 0.0218. The van der Waals surface area contributed by atoms with Gasteiger partial charge >= 0.3 is 0 Å². The number of aryl methyl sites for hydroxylation is 1. The lowest BCUT2D eigenvalue weighted by Crippen LogP contribution is -2.38. The Bertz CT molecular complexity index is 766. The molecule has 0 spiro atoms. The van der Waals surface area contributed by atoms with Gasteiger partial charge in [0.25, 0.3) is 5.91 Å². The zero-order valence-electron chi connectivity index (χ0n) is 14.2. The molecule has 25 heavy (non-hydrogen) atoms. The first-order valence-corrected chi connectivity index (χ1v) is 8.44. The van der Waals surface area contributed by atoms with E-state index in [0.29, 0.717) is 36.7 Å². The van der Waals surface area contributed by atoms with Crippen molar-refractivity contribution in [3.05, 3.63) is 65.0 Å². The molecule has 0 aromatic heterocycles. The van der Waals surface area contributed by atoms with Crippen molar-refractivity contribution < 1.29 is 14.0 Å². The zero-order valence-corrected chi connectivity index (χ0v) is 14.2. The summed E-state index contributed by atoms with van der Waals surface area (Å²) in [6, 6.07) is 12.0. The Hall–Kier alpha value is -2.69. The quantitative estimate of drug-likeness (QED) is 0.863. The molecule has 4 nitrogen and oxygen atoms in total. The van der Waals surface area contributed by atoms with Crippen LogP contribution in [0.25, 0.3) is 0 Å². The van der Waals surface area contributed by atoms with Gasteiger partial charge in [-0.15, -0.1) is 0 Å². The molecular weight excluding hydrogens is 319 g/mol. The molecule has 0 aliphatic carbocycles. The van der Waals surface area contributed by atoms with E-state index in [1.807, 2.05) is 30.0 Å². The second-order valence-corrected chi connectivity index (χ2v) is 6.41. The van der Waals surface area contributed by atoms with E-state index in [1.54, 1.807) is 12.1 Å². The molecule has 1 N–H and O–H groups in total. The Kier molecular flexibility index (Phi) is 5.12. The van der Waals surface area contributed by atoms with Crippen molar-refractivity contribution in [3.63, 3.8) is 0 Å². The smallest absolute Gasteiger partial charge is 0.253 e. The van der Waals surface area contributed by atoms with E-state index in [2.05, 4.69) is 5.32 Å². The lowest BCUT2D eigenvalue weighted by atomic mass is 9.89. The summed E-state index contributed by atoms with van der Waals surface area (Å²) in [5, 5.41) is 2.63. The van der Waals surface area contributed by atoms with Crippen molar-refractivity contribution in [2.24, 2.45) is 0 Å². The summed E-state index contributed by atoms with van der Waals surface area (Å²) in [5.74, 6) is 0.108. The maximum Gasteiger partial charge on any atom is 0.253 e. The van der Waals surface area contributed by atoms with Crippen molar-refractivity contribution in [3.8, 4) is 0 Å². The molecule has 1 saturated heterocycles. The fraction of sp³-hybridized carbons (Fsp3) is 0.300. The van der Waals surface area contributed by atoms with Crippen LogP contribution in [-0.4, -0.2) is 30.3 Å². The maximum atomic E-state index is 13.0. The molecule has 1 heterocycles. The van der Waals surface area contributed by atoms with E-state index in [-0.39, 0.29) is 11.7 Å². The van der Waals surface area contributed by atoms with E-state index < -0.39 is 0 Å². The van der Waals surface area contributed by atoms with Crippen molar-refractivity contribution >= 4 is 18.0 Å². The molecule has 2 aromatic carbocycles. The van der Waals surface area contributed by atoms with Crippen LogP contribution in [0.2, 0.25) is 0 Å². The Morgan fingerprint density at radius 2 is 1.84 bits per heavy atom. The second kappa shape index (κ2) is 7.47. The molecule has 1 aliphatic rings. The number of amides is 2. The van der Waals surface area contributed by atoms with Gasteiger partial charge in [-0.2, -0.15) is 0 Å². The van der Waals surface area contributed by atoms with Gasteiger partial charge in [0.2, 0.25) is 6.41 Å². The highest BCUT2D eigenvalue weighted by Gasteiger charge is 2.24. The molecule has 2 amide bonds. The highest BCUT2D eigenvalue weighted by molar-refractivity contribution is 5.96. The zero-order chi connectivity index (χ0) is 17.8. The van der Waals surface area contributed by atoms with Crippen LogP contribution in [0.1, 0.15) is 40.2 Å². The topological polar surface area (TPSA) is 49.4 Å². The summed E-state index contributed by atoms with van der Waals surface area (Å²) >= 11 is 0. The average Bonchev–Trinajstić information content (AvgIpc) is 2.64. The number of likely N-dealkylation sites (tertiary alicyclic amines) is 1. The fourth-order valence-electron chi connectivity index (χ4n) is 3.31. The van der Waals surface area contributed by atoms with Gasteiger partial charge < -0.3 is 10.2 Å². The molecule has 0 atom stereocenters. The number of hydrogen-bond donors (Lipinski definition) is 1. The Labute approximate surface area is 146 Å².